The predicted octanol–water partition coefficient (Wildman–Crippen LogP) is 4.53. The lowest BCUT2D eigenvalue weighted by Gasteiger charge is -2.23. The van der Waals surface area contributed by atoms with Crippen molar-refractivity contribution in [3.8, 4) is 5.75 Å². The average molecular weight is 242 g/mol. The molecule has 1 aromatic rings. The molecule has 0 aliphatic carbocycles. The van der Waals surface area contributed by atoms with Gasteiger partial charge in [0.25, 0.3) is 9.04 Å². The molecule has 0 bridgehead atoms. The third-order valence-corrected chi connectivity index (χ3v) is 5.25. The van der Waals surface area contributed by atoms with Crippen LogP contribution in [0.2, 0.25) is 16.1 Å². The predicted molar refractivity (Wildman–Crippen MR) is 68.0 cm³/mol. The van der Waals surface area contributed by atoms with E-state index >= 15 is 0 Å². The van der Waals surface area contributed by atoms with E-state index in [2.05, 4.69) is 27.7 Å². The maximum atomic E-state index is 6.07. The van der Waals surface area contributed by atoms with Crippen LogP contribution in [0.25, 0.3) is 0 Å². The molecule has 0 saturated carbocycles. The summed E-state index contributed by atoms with van der Waals surface area (Å²) in [7, 11) is -0.838. The molecule has 0 atom stereocenters. The van der Waals surface area contributed by atoms with Crippen molar-refractivity contribution in [3.63, 3.8) is 0 Å². The van der Waals surface area contributed by atoms with Gasteiger partial charge in [0.2, 0.25) is 0 Å². The first-order valence-corrected chi connectivity index (χ1v) is 7.25. The van der Waals surface area contributed by atoms with Gasteiger partial charge in [-0.25, -0.2) is 0 Å². The summed E-state index contributed by atoms with van der Waals surface area (Å²) in [5.41, 5.74) is 1.18. The molecule has 1 nitrogen and oxygen atoms in total. The van der Waals surface area contributed by atoms with Gasteiger partial charge in [-0.1, -0.05) is 51.4 Å². The molecule has 3 heteroatoms. The van der Waals surface area contributed by atoms with E-state index in [9.17, 15) is 0 Å². The summed E-state index contributed by atoms with van der Waals surface area (Å²) in [6, 6.07) is 7.70. The maximum Gasteiger partial charge on any atom is 0.286 e. The molecule has 83 valence electrons. The number of hydrogen-bond acceptors (Lipinski definition) is 1. The van der Waals surface area contributed by atoms with Gasteiger partial charge in [0.05, 0.1) is 5.02 Å². The van der Waals surface area contributed by atoms with E-state index in [1.165, 1.54) is 0 Å². The molecular formula is C12H18ClOSi. The van der Waals surface area contributed by atoms with Crippen LogP contribution in [0.5, 0.6) is 5.75 Å². The summed E-state index contributed by atoms with van der Waals surface area (Å²) in [5, 5.41) is 0.710. The van der Waals surface area contributed by atoms with E-state index < -0.39 is 9.04 Å². The van der Waals surface area contributed by atoms with Gasteiger partial charge in [-0.2, -0.15) is 0 Å². The molecule has 15 heavy (non-hydrogen) atoms. The zero-order chi connectivity index (χ0) is 11.4. The topological polar surface area (TPSA) is 9.23 Å². The Balaban J connectivity index is 2.79. The lowest BCUT2D eigenvalue weighted by Crippen LogP contribution is -2.28. The Hall–Kier alpha value is -0.473. The number of hydrogen-bond donors (Lipinski definition) is 0. The van der Waals surface area contributed by atoms with Crippen molar-refractivity contribution in [3.05, 3.63) is 29.3 Å². The van der Waals surface area contributed by atoms with Crippen LogP contribution >= 0.6 is 11.6 Å². The highest BCUT2D eigenvalue weighted by molar-refractivity contribution is 6.56. The molecule has 0 aliphatic heterocycles. The standard InChI is InChI=1S/C12H18ClOSi/c1-9(2)15(10(3)4)14-12-8-6-5-7-11(12)13/h5-10H,1-4H3. The van der Waals surface area contributed by atoms with Gasteiger partial charge in [0, 0.05) is 0 Å². The van der Waals surface area contributed by atoms with Gasteiger partial charge < -0.3 is 4.43 Å². The highest BCUT2D eigenvalue weighted by atomic mass is 35.5. The fourth-order valence-corrected chi connectivity index (χ4v) is 4.03. The second-order valence-electron chi connectivity index (χ2n) is 4.24. The number of benzene rings is 1. The first kappa shape index (κ1) is 12.6. The SMILES string of the molecule is CC(C)[Si](Oc1ccccc1Cl)C(C)C. The molecule has 0 aliphatic rings. The summed E-state index contributed by atoms with van der Waals surface area (Å²) >= 11 is 6.07. The minimum Gasteiger partial charge on any atom is -0.540 e. The first-order valence-electron chi connectivity index (χ1n) is 5.31. The lowest BCUT2D eigenvalue weighted by atomic mass is 10.3. The van der Waals surface area contributed by atoms with Gasteiger partial charge in [-0.3, -0.25) is 0 Å². The van der Waals surface area contributed by atoms with Crippen LogP contribution in [0.3, 0.4) is 0 Å². The van der Waals surface area contributed by atoms with E-state index in [0.29, 0.717) is 16.1 Å². The van der Waals surface area contributed by atoms with Crippen LogP contribution in [0.4, 0.5) is 0 Å². The minimum absolute atomic E-state index is 0.589. The van der Waals surface area contributed by atoms with Crippen LogP contribution in [0.1, 0.15) is 27.7 Å². The highest BCUT2D eigenvalue weighted by Crippen LogP contribution is 2.29. The molecule has 0 fully saturated rings. The van der Waals surface area contributed by atoms with Gasteiger partial charge in [0.1, 0.15) is 5.75 Å². The molecule has 0 N–H and O–H groups in total. The highest BCUT2D eigenvalue weighted by Gasteiger charge is 2.24. The van der Waals surface area contributed by atoms with Crippen molar-refractivity contribution in [2.24, 2.45) is 0 Å². The van der Waals surface area contributed by atoms with Crippen LogP contribution < -0.4 is 4.43 Å². The Kier molecular flexibility index (Phi) is 4.67. The lowest BCUT2D eigenvalue weighted by molar-refractivity contribution is 0.536. The summed E-state index contributed by atoms with van der Waals surface area (Å²) in [5.74, 6) is 0.829. The van der Waals surface area contributed by atoms with Crippen LogP contribution in [0.15, 0.2) is 24.3 Å². The quantitative estimate of drug-likeness (QED) is 0.704. The Morgan fingerprint density at radius 2 is 1.60 bits per heavy atom. The van der Waals surface area contributed by atoms with Crippen molar-refractivity contribution in [1.29, 1.82) is 0 Å². The second kappa shape index (κ2) is 5.57. The monoisotopic (exact) mass is 241 g/mol. The molecule has 0 saturated heterocycles. The van der Waals surface area contributed by atoms with Crippen LogP contribution in [-0.2, 0) is 0 Å². The van der Waals surface area contributed by atoms with Crippen LogP contribution in [0, 0.1) is 0 Å². The fraction of sp³-hybridized carbons (Fsp3) is 0.500. The third kappa shape index (κ3) is 3.54. The van der Waals surface area contributed by atoms with Crippen molar-refractivity contribution >= 4 is 20.6 Å². The second-order valence-corrected chi connectivity index (χ2v) is 7.97. The van der Waals surface area contributed by atoms with Crippen molar-refractivity contribution in [2.45, 2.75) is 38.8 Å². The molecule has 0 unspecified atom stereocenters. The van der Waals surface area contributed by atoms with E-state index in [-0.39, 0.29) is 0 Å². The smallest absolute Gasteiger partial charge is 0.286 e. The number of rotatable bonds is 4. The Bertz CT molecular complexity index is 304. The van der Waals surface area contributed by atoms with E-state index in [1.54, 1.807) is 0 Å². The van der Waals surface area contributed by atoms with E-state index in [4.69, 9.17) is 16.0 Å². The number of para-hydroxylation sites is 1. The molecule has 0 aromatic heterocycles. The normalized spacial score (nSPS) is 11.5. The Morgan fingerprint density at radius 3 is 2.07 bits per heavy atom. The molecule has 0 amide bonds. The van der Waals surface area contributed by atoms with E-state index in [0.717, 1.165) is 5.75 Å². The molecule has 0 heterocycles. The molecular weight excluding hydrogens is 224 g/mol. The summed E-state index contributed by atoms with van der Waals surface area (Å²) in [4.78, 5) is 0. The molecule has 0 spiro atoms. The average Bonchev–Trinajstić information content (AvgIpc) is 2.15. The van der Waals surface area contributed by atoms with Gasteiger partial charge >= 0.3 is 0 Å². The summed E-state index contributed by atoms with van der Waals surface area (Å²) < 4.78 is 6.04. The summed E-state index contributed by atoms with van der Waals surface area (Å²) in [6.45, 7) is 8.85. The third-order valence-electron chi connectivity index (χ3n) is 2.20. The zero-order valence-corrected chi connectivity index (χ0v) is 11.5. The molecule has 1 rings (SSSR count). The largest absolute Gasteiger partial charge is 0.540 e. The maximum absolute atomic E-state index is 6.07. The van der Waals surface area contributed by atoms with Crippen LogP contribution in [-0.4, -0.2) is 9.04 Å². The van der Waals surface area contributed by atoms with Gasteiger partial charge in [0.15, 0.2) is 0 Å². The zero-order valence-electron chi connectivity index (χ0n) is 9.75. The molecule has 1 radical (unpaired) electrons. The van der Waals surface area contributed by atoms with E-state index in [1.807, 2.05) is 24.3 Å². The Morgan fingerprint density at radius 1 is 1.07 bits per heavy atom. The van der Waals surface area contributed by atoms with Gasteiger partial charge in [-0.15, -0.1) is 0 Å². The number of halogens is 1. The Labute approximate surface area is 99.1 Å². The fourth-order valence-electron chi connectivity index (χ4n) is 1.56. The van der Waals surface area contributed by atoms with Crippen molar-refractivity contribution in [2.75, 3.05) is 0 Å². The van der Waals surface area contributed by atoms with Gasteiger partial charge in [-0.05, 0) is 23.2 Å². The summed E-state index contributed by atoms with van der Waals surface area (Å²) in [6.07, 6.45) is 0. The first-order chi connectivity index (χ1) is 7.02. The molecule has 1 aromatic carbocycles. The van der Waals surface area contributed by atoms with Crippen molar-refractivity contribution < 1.29 is 4.43 Å². The minimum atomic E-state index is -0.838. The van der Waals surface area contributed by atoms with Crippen molar-refractivity contribution in [1.82, 2.24) is 0 Å².